The first-order chi connectivity index (χ1) is 15.8. The number of halogens is 1. The molecule has 4 rings (SSSR count). The second-order valence-corrected chi connectivity index (χ2v) is 9.57. The summed E-state index contributed by atoms with van der Waals surface area (Å²) in [6, 6.07) is 18.1. The fraction of sp³-hybridized carbons (Fsp3) is 0.308. The summed E-state index contributed by atoms with van der Waals surface area (Å²) in [4.78, 5) is 31.6. The number of β-lactam (4-membered cyclic amide) rings is 1. The van der Waals surface area contributed by atoms with E-state index in [1.54, 1.807) is 30.7 Å². The molecule has 0 saturated carbocycles. The lowest BCUT2D eigenvalue weighted by atomic mass is 9.77. The lowest BCUT2D eigenvalue weighted by molar-refractivity contribution is -0.141. The van der Waals surface area contributed by atoms with E-state index in [9.17, 15) is 14.7 Å². The molecule has 0 aliphatic carbocycles. The monoisotopic (exact) mass is 510 g/mol. The first-order valence-corrected chi connectivity index (χ1v) is 11.8. The van der Waals surface area contributed by atoms with E-state index in [0.29, 0.717) is 23.4 Å². The number of allylic oxidation sites excluding steroid dienone is 1. The molecule has 33 heavy (non-hydrogen) atoms. The first kappa shape index (κ1) is 23.3. The molecule has 1 saturated heterocycles. The molecule has 172 valence electrons. The number of benzene rings is 2. The number of ether oxygens (including phenoxy) is 1. The standard InChI is InChI=1S/C26H27BrN2O4/c1-26(2,3)33-25(32)29-19(14-27)21(18-12-8-5-9-13-18)22-23(20(29)16-30)28(24(22)31)15-17-10-6-4-7-11-17/h4-14,20,23,30H,15-16H2,1-3H3/b19-14-/t20?,23-/m1/s1. The summed E-state index contributed by atoms with van der Waals surface area (Å²) in [5.41, 5.74) is 2.84. The Morgan fingerprint density at radius 2 is 1.70 bits per heavy atom. The number of likely N-dealkylation sites (tertiary alicyclic amines) is 1. The van der Waals surface area contributed by atoms with Gasteiger partial charge < -0.3 is 14.7 Å². The van der Waals surface area contributed by atoms with Crippen LogP contribution in [0.5, 0.6) is 0 Å². The van der Waals surface area contributed by atoms with E-state index in [1.165, 1.54) is 4.90 Å². The number of hydrogen-bond donors (Lipinski definition) is 1. The molecular formula is C26H27BrN2O4. The van der Waals surface area contributed by atoms with E-state index >= 15 is 0 Å². The van der Waals surface area contributed by atoms with E-state index in [2.05, 4.69) is 15.9 Å². The van der Waals surface area contributed by atoms with Crippen LogP contribution < -0.4 is 0 Å². The van der Waals surface area contributed by atoms with E-state index in [0.717, 1.165) is 11.1 Å². The number of hydrogen-bond acceptors (Lipinski definition) is 4. The Morgan fingerprint density at radius 1 is 1.09 bits per heavy atom. The number of fused-ring (bicyclic) bond motifs is 1. The van der Waals surface area contributed by atoms with Crippen molar-refractivity contribution in [1.82, 2.24) is 9.80 Å². The summed E-state index contributed by atoms with van der Waals surface area (Å²) in [5, 5.41) is 10.4. The van der Waals surface area contributed by atoms with Crippen molar-refractivity contribution in [2.75, 3.05) is 6.61 Å². The maximum absolute atomic E-state index is 13.4. The minimum atomic E-state index is -0.718. The fourth-order valence-corrected chi connectivity index (χ4v) is 4.87. The van der Waals surface area contributed by atoms with Crippen molar-refractivity contribution in [2.24, 2.45) is 0 Å². The van der Waals surface area contributed by atoms with E-state index < -0.39 is 23.8 Å². The number of carbonyl (C=O) groups excluding carboxylic acids is 2. The Kier molecular flexibility index (Phi) is 6.45. The van der Waals surface area contributed by atoms with Gasteiger partial charge in [0.2, 0.25) is 0 Å². The highest BCUT2D eigenvalue weighted by Crippen LogP contribution is 2.47. The molecule has 0 bridgehead atoms. The molecular weight excluding hydrogens is 484 g/mol. The van der Waals surface area contributed by atoms with Crippen molar-refractivity contribution in [1.29, 1.82) is 0 Å². The minimum absolute atomic E-state index is 0.100. The SMILES string of the molecule is CC(C)(C)OC(=O)N1/C(=C\Br)C(c2ccccc2)=C2C(=O)N(Cc3ccccc3)[C@@H]2C1CO. The normalized spacial score (nSPS) is 21.7. The lowest BCUT2D eigenvalue weighted by Crippen LogP contribution is -2.68. The van der Waals surface area contributed by atoms with Crippen LogP contribution in [-0.4, -0.2) is 51.2 Å². The Bertz CT molecular complexity index is 1110. The van der Waals surface area contributed by atoms with Gasteiger partial charge in [-0.3, -0.25) is 9.69 Å². The van der Waals surface area contributed by atoms with Crippen molar-refractivity contribution < 1.29 is 19.4 Å². The van der Waals surface area contributed by atoms with E-state index in [1.807, 2.05) is 60.7 Å². The zero-order valence-corrected chi connectivity index (χ0v) is 20.5. The maximum Gasteiger partial charge on any atom is 0.415 e. The second-order valence-electron chi connectivity index (χ2n) is 9.11. The third kappa shape index (κ3) is 4.35. The highest BCUT2D eigenvalue weighted by molar-refractivity contribution is 9.11. The molecule has 2 aliphatic heterocycles. The predicted octanol–water partition coefficient (Wildman–Crippen LogP) is 4.70. The molecule has 2 amide bonds. The molecule has 1 fully saturated rings. The predicted molar refractivity (Wildman–Crippen MR) is 130 cm³/mol. The van der Waals surface area contributed by atoms with Gasteiger partial charge in [0, 0.05) is 17.1 Å². The maximum atomic E-state index is 13.4. The van der Waals surface area contributed by atoms with E-state index in [-0.39, 0.29) is 12.5 Å². The molecule has 1 N–H and O–H groups in total. The molecule has 0 aromatic heterocycles. The third-order valence-electron chi connectivity index (χ3n) is 5.74. The van der Waals surface area contributed by atoms with E-state index in [4.69, 9.17) is 4.74 Å². The van der Waals surface area contributed by atoms with Gasteiger partial charge in [-0.1, -0.05) is 76.6 Å². The summed E-state index contributed by atoms with van der Waals surface area (Å²) in [6.45, 7) is 5.47. The lowest BCUT2D eigenvalue weighted by Gasteiger charge is -2.54. The van der Waals surface area contributed by atoms with Gasteiger partial charge in [0.05, 0.1) is 30.0 Å². The Morgan fingerprint density at radius 3 is 2.24 bits per heavy atom. The topological polar surface area (TPSA) is 70.1 Å². The number of rotatable bonds is 4. The number of nitrogens with zero attached hydrogens (tertiary/aromatic N) is 2. The van der Waals surface area contributed by atoms with Crippen molar-refractivity contribution in [3.63, 3.8) is 0 Å². The number of amides is 2. The van der Waals surface area contributed by atoms with Crippen LogP contribution >= 0.6 is 15.9 Å². The van der Waals surface area contributed by atoms with Gasteiger partial charge in [0.1, 0.15) is 5.60 Å². The average Bonchev–Trinajstić information content (AvgIpc) is 2.80. The van der Waals surface area contributed by atoms with Gasteiger partial charge in [-0.05, 0) is 31.9 Å². The fourth-order valence-electron chi connectivity index (χ4n) is 4.42. The number of aliphatic hydroxyl groups excluding tert-OH is 1. The minimum Gasteiger partial charge on any atom is -0.443 e. The molecule has 0 spiro atoms. The average molecular weight is 511 g/mol. The smallest absolute Gasteiger partial charge is 0.415 e. The summed E-state index contributed by atoms with van der Waals surface area (Å²) in [5.74, 6) is -0.100. The summed E-state index contributed by atoms with van der Waals surface area (Å²) in [7, 11) is 0. The molecule has 2 heterocycles. The van der Waals surface area contributed by atoms with Crippen LogP contribution in [-0.2, 0) is 16.1 Å². The van der Waals surface area contributed by atoms with Gasteiger partial charge in [-0.2, -0.15) is 0 Å². The molecule has 2 aliphatic rings. The first-order valence-electron chi connectivity index (χ1n) is 10.8. The molecule has 2 aromatic rings. The highest BCUT2D eigenvalue weighted by Gasteiger charge is 2.55. The van der Waals surface area contributed by atoms with Gasteiger partial charge in [0.25, 0.3) is 5.91 Å². The van der Waals surface area contributed by atoms with Crippen LogP contribution in [0.25, 0.3) is 5.57 Å². The van der Waals surface area contributed by atoms with Crippen LogP contribution in [0.4, 0.5) is 4.79 Å². The number of carbonyl (C=O) groups is 2. The molecule has 2 atom stereocenters. The Labute approximate surface area is 202 Å². The van der Waals surface area contributed by atoms with Gasteiger partial charge in [-0.25, -0.2) is 4.79 Å². The van der Waals surface area contributed by atoms with Gasteiger partial charge >= 0.3 is 6.09 Å². The van der Waals surface area contributed by atoms with Gasteiger partial charge in [-0.15, -0.1) is 0 Å². The van der Waals surface area contributed by atoms with Crippen LogP contribution in [0.1, 0.15) is 31.9 Å². The molecule has 1 unspecified atom stereocenters. The number of aliphatic hydroxyl groups is 1. The molecule has 6 nitrogen and oxygen atoms in total. The van der Waals surface area contributed by atoms with Crippen molar-refractivity contribution in [3.8, 4) is 0 Å². The third-order valence-corrected chi connectivity index (χ3v) is 6.18. The molecule has 2 aromatic carbocycles. The van der Waals surface area contributed by atoms with Crippen LogP contribution in [0, 0.1) is 0 Å². The molecule has 7 heteroatoms. The van der Waals surface area contributed by atoms with Crippen LogP contribution in [0.2, 0.25) is 0 Å². The Balaban J connectivity index is 1.85. The zero-order valence-electron chi connectivity index (χ0n) is 18.9. The van der Waals surface area contributed by atoms with Crippen molar-refractivity contribution in [2.45, 2.75) is 45.0 Å². The zero-order chi connectivity index (χ0) is 23.8. The largest absolute Gasteiger partial charge is 0.443 e. The summed E-state index contributed by atoms with van der Waals surface area (Å²) >= 11 is 3.40. The summed E-state index contributed by atoms with van der Waals surface area (Å²) in [6.07, 6.45) is -0.571. The molecule has 0 radical (unpaired) electrons. The second kappa shape index (κ2) is 9.15. The van der Waals surface area contributed by atoms with Crippen LogP contribution in [0.15, 0.2) is 76.9 Å². The quantitative estimate of drug-likeness (QED) is 0.605. The highest BCUT2D eigenvalue weighted by atomic mass is 79.9. The van der Waals surface area contributed by atoms with Crippen molar-refractivity contribution >= 4 is 33.5 Å². The summed E-state index contributed by atoms with van der Waals surface area (Å²) < 4.78 is 5.70. The van der Waals surface area contributed by atoms with Crippen LogP contribution in [0.3, 0.4) is 0 Å². The Hall–Kier alpha value is -2.90. The van der Waals surface area contributed by atoms with Gasteiger partial charge in [0.15, 0.2) is 0 Å². The van der Waals surface area contributed by atoms with Crippen molar-refractivity contribution in [3.05, 3.63) is 88.0 Å².